The number of rotatable bonds is 10. The molecule has 0 radical (unpaired) electrons. The van der Waals surface area contributed by atoms with Crippen LogP contribution in [0.15, 0.2) is 48.5 Å². The van der Waals surface area contributed by atoms with E-state index in [0.717, 1.165) is 0 Å². The Morgan fingerprint density at radius 3 is 2.26 bits per heavy atom. The molecule has 42 heavy (non-hydrogen) atoms. The monoisotopic (exact) mass is 599 g/mol. The van der Waals surface area contributed by atoms with Gasteiger partial charge in [0.05, 0.1) is 41.8 Å². The molecule has 0 unspecified atom stereocenters. The van der Waals surface area contributed by atoms with Crippen molar-refractivity contribution in [2.45, 2.75) is 45.1 Å². The Morgan fingerprint density at radius 1 is 0.976 bits per heavy atom. The number of anilines is 2. The molecule has 0 spiro atoms. The number of carbonyl (C=O) groups excluding carboxylic acids is 1. The van der Waals surface area contributed by atoms with Gasteiger partial charge >= 0.3 is 10.1 Å². The maximum Gasteiger partial charge on any atom is 0.311 e. The fourth-order valence-corrected chi connectivity index (χ4v) is 5.21. The third-order valence-electron chi connectivity index (χ3n) is 6.89. The van der Waals surface area contributed by atoms with Crippen molar-refractivity contribution in [3.8, 4) is 34.1 Å². The van der Waals surface area contributed by atoms with Gasteiger partial charge in [-0.25, -0.2) is 0 Å². The van der Waals surface area contributed by atoms with Crippen molar-refractivity contribution in [2.24, 2.45) is 0 Å². The highest BCUT2D eigenvalue weighted by molar-refractivity contribution is 7.87. The first-order valence-electron chi connectivity index (χ1n) is 13.0. The molecule has 0 saturated carbocycles. The zero-order valence-electron chi connectivity index (χ0n) is 24.4. The highest BCUT2D eigenvalue weighted by Gasteiger charge is 2.39. The minimum Gasteiger partial charge on any atom is -0.496 e. The second-order valence-corrected chi connectivity index (χ2v) is 12.6. The van der Waals surface area contributed by atoms with Gasteiger partial charge in [0, 0.05) is 30.3 Å². The van der Waals surface area contributed by atoms with Gasteiger partial charge in [0.15, 0.2) is 11.5 Å². The van der Waals surface area contributed by atoms with Gasteiger partial charge in [-0.05, 0) is 57.5 Å². The molecule has 12 nitrogen and oxygen atoms in total. The molecule has 1 aliphatic rings. The van der Waals surface area contributed by atoms with Crippen molar-refractivity contribution in [3.05, 3.63) is 64.2 Å². The lowest BCUT2D eigenvalue weighted by molar-refractivity contribution is -0.385. The van der Waals surface area contributed by atoms with E-state index in [2.05, 4.69) is 5.32 Å². The van der Waals surface area contributed by atoms with Crippen LogP contribution >= 0.6 is 0 Å². The van der Waals surface area contributed by atoms with Crippen molar-refractivity contribution in [1.82, 2.24) is 0 Å². The predicted molar refractivity (Wildman–Crippen MR) is 158 cm³/mol. The molecule has 1 heterocycles. The van der Waals surface area contributed by atoms with E-state index >= 15 is 0 Å². The maximum atomic E-state index is 13.3. The fraction of sp³-hybridized carbons (Fsp3) is 0.345. The highest BCUT2D eigenvalue weighted by atomic mass is 32.2. The van der Waals surface area contributed by atoms with Crippen molar-refractivity contribution < 1.29 is 36.5 Å². The van der Waals surface area contributed by atoms with Crippen LogP contribution in [0.4, 0.5) is 17.1 Å². The van der Waals surface area contributed by atoms with Crippen LogP contribution in [0.5, 0.6) is 23.0 Å². The lowest BCUT2D eigenvalue weighted by Crippen LogP contribution is -2.52. The Hall–Kier alpha value is -4.52. The van der Waals surface area contributed by atoms with E-state index in [1.165, 1.54) is 63.3 Å². The molecule has 224 valence electrons. The van der Waals surface area contributed by atoms with Crippen molar-refractivity contribution >= 4 is 33.1 Å². The van der Waals surface area contributed by atoms with Crippen LogP contribution in [0, 0.1) is 10.1 Å². The minimum absolute atomic E-state index is 0.0807. The highest BCUT2D eigenvalue weighted by Crippen LogP contribution is 2.45. The summed E-state index contributed by atoms with van der Waals surface area (Å²) in [6, 6.07) is 12.3. The van der Waals surface area contributed by atoms with E-state index in [4.69, 9.17) is 18.4 Å². The number of likely N-dealkylation sites (N-methyl/N-ethyl adjacent to an activating group) is 1. The van der Waals surface area contributed by atoms with Crippen LogP contribution < -0.4 is 28.6 Å². The SMILES string of the molecule is COc1ccc([N+](=O)[O-])cc1OCc1c(-c2ccc(OS(=O)(=O)C(C)C)cc2OC)ccc2c1N(C)C(=O)C(C)(C)N2. The van der Waals surface area contributed by atoms with E-state index in [1.54, 1.807) is 27.0 Å². The van der Waals surface area contributed by atoms with Crippen molar-refractivity contribution in [1.29, 1.82) is 0 Å². The summed E-state index contributed by atoms with van der Waals surface area (Å²) >= 11 is 0. The molecule has 0 fully saturated rings. The van der Waals surface area contributed by atoms with Crippen LogP contribution in [0.25, 0.3) is 11.1 Å². The largest absolute Gasteiger partial charge is 0.496 e. The first-order valence-corrected chi connectivity index (χ1v) is 14.5. The number of nitrogens with one attached hydrogen (secondary N) is 1. The average molecular weight is 600 g/mol. The summed E-state index contributed by atoms with van der Waals surface area (Å²) in [5, 5.41) is 13.9. The van der Waals surface area contributed by atoms with E-state index in [0.29, 0.717) is 39.6 Å². The van der Waals surface area contributed by atoms with Gasteiger partial charge in [0.1, 0.15) is 23.6 Å². The zero-order valence-corrected chi connectivity index (χ0v) is 25.2. The summed E-state index contributed by atoms with van der Waals surface area (Å²) in [7, 11) is 0.694. The number of nitrogens with zero attached hydrogens (tertiary/aromatic N) is 2. The van der Waals surface area contributed by atoms with Gasteiger partial charge in [0.25, 0.3) is 11.6 Å². The Bertz CT molecular complexity index is 1650. The van der Waals surface area contributed by atoms with Crippen LogP contribution in [-0.4, -0.2) is 51.3 Å². The molecule has 4 rings (SSSR count). The molecule has 0 saturated heterocycles. The number of nitro benzene ring substituents is 1. The molecular weight excluding hydrogens is 566 g/mol. The number of non-ortho nitro benzene ring substituents is 1. The minimum atomic E-state index is -3.84. The molecule has 1 amide bonds. The summed E-state index contributed by atoms with van der Waals surface area (Å²) in [5.41, 5.74) is 1.94. The number of nitro groups is 1. The lowest BCUT2D eigenvalue weighted by atomic mass is 9.91. The third-order valence-corrected chi connectivity index (χ3v) is 8.47. The smallest absolute Gasteiger partial charge is 0.311 e. The Labute approximate surface area is 244 Å². The molecule has 0 aromatic heterocycles. The standard InChI is InChI=1S/C29H33N3O9S/c1-17(2)42(36,37)41-19-9-10-21(25(15-19)39-7)20-11-12-23-27(31(5)28(33)29(3,4)30-23)22(20)16-40-26-14-18(32(34)35)8-13-24(26)38-6/h8-15,17,30H,16H2,1-7H3. The number of methoxy groups -OCH3 is 2. The fourth-order valence-electron chi connectivity index (χ4n) is 4.65. The molecule has 0 aliphatic carbocycles. The zero-order chi connectivity index (χ0) is 31.0. The number of fused-ring (bicyclic) bond motifs is 1. The number of amides is 1. The number of benzene rings is 3. The van der Waals surface area contributed by atoms with Gasteiger partial charge in [-0.15, -0.1) is 0 Å². The van der Waals surface area contributed by atoms with Crippen LogP contribution in [0.3, 0.4) is 0 Å². The second kappa shape index (κ2) is 11.4. The second-order valence-electron chi connectivity index (χ2n) is 10.5. The summed E-state index contributed by atoms with van der Waals surface area (Å²) in [4.78, 5) is 25.7. The molecule has 0 bridgehead atoms. The summed E-state index contributed by atoms with van der Waals surface area (Å²) < 4.78 is 47.1. The molecule has 3 aromatic rings. The summed E-state index contributed by atoms with van der Waals surface area (Å²) in [5.74, 6) is 0.649. The van der Waals surface area contributed by atoms with Crippen LogP contribution in [0.1, 0.15) is 33.3 Å². The predicted octanol–water partition coefficient (Wildman–Crippen LogP) is 5.14. The Balaban J connectivity index is 1.87. The number of ether oxygens (including phenoxy) is 3. The third kappa shape index (κ3) is 5.77. The molecule has 1 aliphatic heterocycles. The van der Waals surface area contributed by atoms with Gasteiger partial charge in [0.2, 0.25) is 0 Å². The van der Waals surface area contributed by atoms with E-state index in [-0.39, 0.29) is 29.7 Å². The number of carbonyl (C=O) groups is 1. The topological polar surface area (TPSA) is 147 Å². The van der Waals surface area contributed by atoms with E-state index in [9.17, 15) is 23.3 Å². The first-order chi connectivity index (χ1) is 19.7. The molecule has 13 heteroatoms. The van der Waals surface area contributed by atoms with Crippen LogP contribution in [0.2, 0.25) is 0 Å². The van der Waals surface area contributed by atoms with E-state index in [1.807, 2.05) is 12.1 Å². The Kier molecular flexibility index (Phi) is 8.26. The lowest BCUT2D eigenvalue weighted by Gasteiger charge is -2.39. The quantitative estimate of drug-likeness (QED) is 0.189. The maximum absolute atomic E-state index is 13.3. The van der Waals surface area contributed by atoms with Gasteiger partial charge in [-0.3, -0.25) is 14.9 Å². The van der Waals surface area contributed by atoms with Crippen LogP contribution in [-0.2, 0) is 21.5 Å². The van der Waals surface area contributed by atoms with Gasteiger partial charge < -0.3 is 28.6 Å². The normalized spacial score (nSPS) is 14.2. The Morgan fingerprint density at radius 2 is 1.64 bits per heavy atom. The first kappa shape index (κ1) is 30.4. The molecule has 1 N–H and O–H groups in total. The summed E-state index contributed by atoms with van der Waals surface area (Å²) in [6.07, 6.45) is 0. The van der Waals surface area contributed by atoms with Gasteiger partial charge in [-0.2, -0.15) is 8.42 Å². The van der Waals surface area contributed by atoms with Crippen molar-refractivity contribution in [2.75, 3.05) is 31.5 Å². The number of hydrogen-bond acceptors (Lipinski definition) is 10. The van der Waals surface area contributed by atoms with Gasteiger partial charge in [-0.1, -0.05) is 6.07 Å². The molecule has 3 aromatic carbocycles. The van der Waals surface area contributed by atoms with Crippen molar-refractivity contribution in [3.63, 3.8) is 0 Å². The average Bonchev–Trinajstić information content (AvgIpc) is 2.94. The summed E-state index contributed by atoms with van der Waals surface area (Å²) in [6.45, 7) is 6.48. The molecule has 0 atom stereocenters. The van der Waals surface area contributed by atoms with E-state index < -0.39 is 25.8 Å². The number of hydrogen-bond donors (Lipinski definition) is 1. The molecular formula is C29H33N3O9S.